The van der Waals surface area contributed by atoms with Crippen LogP contribution in [0.15, 0.2) is 27.6 Å². The third kappa shape index (κ3) is 6.11. The van der Waals surface area contributed by atoms with Gasteiger partial charge in [-0.1, -0.05) is 6.42 Å². The number of guanidine groups is 1. The summed E-state index contributed by atoms with van der Waals surface area (Å²) >= 11 is 0. The molecule has 2 aliphatic rings. The first-order valence-electron chi connectivity index (χ1n) is 11.1. The summed E-state index contributed by atoms with van der Waals surface area (Å²) in [5.41, 5.74) is 1.59. The van der Waals surface area contributed by atoms with E-state index in [4.69, 9.17) is 9.41 Å². The molecule has 3 N–H and O–H groups in total. The molecule has 2 saturated carbocycles. The quantitative estimate of drug-likeness (QED) is 0.288. The fourth-order valence-electron chi connectivity index (χ4n) is 4.16. The molecule has 1 aromatic carbocycles. The molecule has 8 heteroatoms. The minimum atomic E-state index is -0.269. The number of furan rings is 1. The van der Waals surface area contributed by atoms with Gasteiger partial charge in [0.15, 0.2) is 5.96 Å². The molecule has 0 saturated heterocycles. The lowest BCUT2D eigenvalue weighted by Crippen LogP contribution is -2.47. The van der Waals surface area contributed by atoms with Crippen LogP contribution in [0.4, 0.5) is 4.39 Å². The highest BCUT2D eigenvalue weighted by molar-refractivity contribution is 14.0. The topological polar surface area (TPSA) is 78.7 Å². The summed E-state index contributed by atoms with van der Waals surface area (Å²) in [5.74, 6) is 1.47. The monoisotopic (exact) mass is 542 g/mol. The van der Waals surface area contributed by atoms with E-state index in [9.17, 15) is 9.18 Å². The van der Waals surface area contributed by atoms with E-state index < -0.39 is 0 Å². The Bertz CT molecular complexity index is 941. The van der Waals surface area contributed by atoms with Gasteiger partial charge in [-0.2, -0.15) is 0 Å². The number of nitrogens with zero attached hydrogens (tertiary/aromatic N) is 1. The molecular weight excluding hydrogens is 510 g/mol. The fourth-order valence-corrected chi connectivity index (χ4v) is 4.16. The van der Waals surface area contributed by atoms with Crippen molar-refractivity contribution in [1.82, 2.24) is 16.0 Å². The van der Waals surface area contributed by atoms with Crippen LogP contribution in [0.25, 0.3) is 11.0 Å². The van der Waals surface area contributed by atoms with Gasteiger partial charge in [-0.25, -0.2) is 9.38 Å². The predicted molar refractivity (Wildman–Crippen MR) is 131 cm³/mol. The molecule has 2 fully saturated rings. The van der Waals surface area contributed by atoms with Crippen LogP contribution in [0.3, 0.4) is 0 Å². The molecule has 2 atom stereocenters. The fraction of sp³-hybridized carbons (Fsp3) is 0.565. The first-order chi connectivity index (χ1) is 14.5. The number of aliphatic imine (C=N–C) groups is 1. The number of carbonyl (C=O) groups is 1. The number of aryl methyl sites for hydroxylation is 1. The zero-order chi connectivity index (χ0) is 21.1. The van der Waals surface area contributed by atoms with Gasteiger partial charge < -0.3 is 20.4 Å². The molecule has 0 spiro atoms. The first kappa shape index (κ1) is 23.8. The lowest BCUT2D eigenvalue weighted by Gasteiger charge is -2.30. The first-order valence-corrected chi connectivity index (χ1v) is 11.1. The Labute approximate surface area is 199 Å². The molecule has 4 rings (SSSR count). The number of nitrogens with one attached hydrogen (secondary N) is 3. The van der Waals surface area contributed by atoms with Crippen molar-refractivity contribution in [3.63, 3.8) is 0 Å². The second-order valence-electron chi connectivity index (χ2n) is 8.47. The zero-order valence-electron chi connectivity index (χ0n) is 18.2. The van der Waals surface area contributed by atoms with Gasteiger partial charge in [-0.15, -0.1) is 24.0 Å². The molecule has 1 aromatic heterocycles. The summed E-state index contributed by atoms with van der Waals surface area (Å²) in [6.45, 7) is 5.07. The van der Waals surface area contributed by atoms with Gasteiger partial charge in [0, 0.05) is 35.5 Å². The molecule has 2 unspecified atom stereocenters. The Morgan fingerprint density at radius 2 is 2.00 bits per heavy atom. The lowest BCUT2D eigenvalue weighted by atomic mass is 9.85. The Morgan fingerprint density at radius 1 is 1.19 bits per heavy atom. The van der Waals surface area contributed by atoms with Crippen LogP contribution in [0, 0.1) is 18.7 Å². The summed E-state index contributed by atoms with van der Waals surface area (Å²) in [5, 5.41) is 10.7. The van der Waals surface area contributed by atoms with Gasteiger partial charge in [0.05, 0.1) is 0 Å². The zero-order valence-corrected chi connectivity index (χ0v) is 20.5. The van der Waals surface area contributed by atoms with Gasteiger partial charge in [-0.3, -0.25) is 4.79 Å². The summed E-state index contributed by atoms with van der Waals surface area (Å²) in [7, 11) is 0. The van der Waals surface area contributed by atoms with Gasteiger partial charge in [0.25, 0.3) is 0 Å². The van der Waals surface area contributed by atoms with E-state index in [0.29, 0.717) is 18.2 Å². The third-order valence-electron chi connectivity index (χ3n) is 6.03. The standard InChI is InChI=1S/C23H31FN4O2.HI/c1-3-25-23(26-13-21-14(2)19-12-16(24)7-10-20(19)30-21)28-18-6-4-5-15(11-18)22(29)27-17-8-9-17;/h7,10,12,15,17-18H,3-6,8-9,11,13H2,1-2H3,(H,27,29)(H2,25,26,28);1H. The maximum atomic E-state index is 13.5. The van der Waals surface area contributed by atoms with Crippen molar-refractivity contribution in [1.29, 1.82) is 0 Å². The molecule has 6 nitrogen and oxygen atoms in total. The molecule has 0 radical (unpaired) electrons. The molecule has 2 aliphatic carbocycles. The molecule has 0 bridgehead atoms. The highest BCUT2D eigenvalue weighted by Gasteiger charge is 2.31. The number of carbonyl (C=O) groups excluding carboxylic acids is 1. The van der Waals surface area contributed by atoms with E-state index in [-0.39, 0.29) is 47.7 Å². The van der Waals surface area contributed by atoms with E-state index in [1.807, 2.05) is 13.8 Å². The lowest BCUT2D eigenvalue weighted by molar-refractivity contribution is -0.126. The molecule has 31 heavy (non-hydrogen) atoms. The molecule has 2 aromatic rings. The minimum Gasteiger partial charge on any atom is -0.459 e. The van der Waals surface area contributed by atoms with Crippen molar-refractivity contribution in [2.75, 3.05) is 6.54 Å². The highest BCUT2D eigenvalue weighted by atomic mass is 127. The summed E-state index contributed by atoms with van der Waals surface area (Å²) in [6, 6.07) is 5.19. The number of halogens is 2. The molecular formula is C23H32FIN4O2. The smallest absolute Gasteiger partial charge is 0.223 e. The van der Waals surface area contributed by atoms with Crippen LogP contribution in [-0.2, 0) is 11.3 Å². The van der Waals surface area contributed by atoms with E-state index in [1.165, 1.54) is 12.1 Å². The predicted octanol–water partition coefficient (Wildman–Crippen LogP) is 4.39. The normalized spacial score (nSPS) is 21.5. The summed E-state index contributed by atoms with van der Waals surface area (Å²) < 4.78 is 19.4. The van der Waals surface area contributed by atoms with Gasteiger partial charge in [0.2, 0.25) is 5.91 Å². The number of hydrogen-bond acceptors (Lipinski definition) is 3. The largest absolute Gasteiger partial charge is 0.459 e. The van der Waals surface area contributed by atoms with Crippen LogP contribution in [0.2, 0.25) is 0 Å². The van der Waals surface area contributed by atoms with E-state index in [0.717, 1.165) is 67.7 Å². The van der Waals surface area contributed by atoms with Gasteiger partial charge in [0.1, 0.15) is 23.7 Å². The van der Waals surface area contributed by atoms with Crippen molar-refractivity contribution in [3.8, 4) is 0 Å². The third-order valence-corrected chi connectivity index (χ3v) is 6.03. The Kier molecular flexibility index (Phi) is 8.18. The van der Waals surface area contributed by atoms with E-state index >= 15 is 0 Å². The maximum absolute atomic E-state index is 13.5. The van der Waals surface area contributed by atoms with Gasteiger partial charge >= 0.3 is 0 Å². The summed E-state index contributed by atoms with van der Waals surface area (Å²) in [4.78, 5) is 17.1. The van der Waals surface area contributed by atoms with Crippen LogP contribution in [-0.4, -0.2) is 30.5 Å². The van der Waals surface area contributed by atoms with Crippen molar-refractivity contribution in [2.24, 2.45) is 10.9 Å². The second-order valence-corrected chi connectivity index (χ2v) is 8.47. The molecule has 170 valence electrons. The van der Waals surface area contributed by atoms with Crippen molar-refractivity contribution < 1.29 is 13.6 Å². The van der Waals surface area contributed by atoms with Crippen LogP contribution < -0.4 is 16.0 Å². The number of fused-ring (bicyclic) bond motifs is 1. The van der Waals surface area contributed by atoms with Crippen molar-refractivity contribution in [3.05, 3.63) is 35.3 Å². The van der Waals surface area contributed by atoms with Crippen LogP contribution in [0.5, 0.6) is 0 Å². The van der Waals surface area contributed by atoms with Crippen molar-refractivity contribution >= 4 is 46.8 Å². The van der Waals surface area contributed by atoms with Crippen molar-refractivity contribution in [2.45, 2.75) is 71.0 Å². The van der Waals surface area contributed by atoms with Crippen LogP contribution in [0.1, 0.15) is 56.8 Å². The van der Waals surface area contributed by atoms with Gasteiger partial charge in [-0.05, 0) is 64.2 Å². The SMILES string of the molecule is CCNC(=NCc1oc2ccc(F)cc2c1C)NC1CCCC(C(=O)NC2CC2)C1.I. The number of hydrogen-bond donors (Lipinski definition) is 3. The number of amides is 1. The average molecular weight is 542 g/mol. The number of benzene rings is 1. The Hall–Kier alpha value is -1.84. The van der Waals surface area contributed by atoms with E-state index in [1.54, 1.807) is 6.07 Å². The number of rotatable bonds is 6. The summed E-state index contributed by atoms with van der Waals surface area (Å²) in [6.07, 6.45) is 6.08. The molecule has 1 heterocycles. The van der Waals surface area contributed by atoms with E-state index in [2.05, 4.69) is 16.0 Å². The molecule has 1 amide bonds. The Morgan fingerprint density at radius 3 is 2.74 bits per heavy atom. The minimum absolute atomic E-state index is 0. The average Bonchev–Trinajstić information content (AvgIpc) is 3.50. The second kappa shape index (κ2) is 10.7. The Balaban J connectivity index is 0.00000272. The van der Waals surface area contributed by atoms with Crippen LogP contribution >= 0.6 is 24.0 Å². The highest BCUT2D eigenvalue weighted by Crippen LogP contribution is 2.28. The maximum Gasteiger partial charge on any atom is 0.223 e. The molecule has 0 aliphatic heterocycles.